The highest BCUT2D eigenvalue weighted by Crippen LogP contribution is 2.09. The normalized spacial score (nSPS) is 12.7. The first-order valence-electron chi connectivity index (χ1n) is 6.63. The molecule has 0 aliphatic rings. The van der Waals surface area contributed by atoms with Crippen molar-refractivity contribution in [2.45, 2.75) is 46.7 Å². The third-order valence-corrected chi connectivity index (χ3v) is 3.10. The molecule has 0 aliphatic carbocycles. The molecule has 1 atom stereocenters. The Hall–Kier alpha value is -0.860. The number of hydrogen-bond donors (Lipinski definition) is 2. The smallest absolute Gasteiger partial charge is 0.0208 e. The second kappa shape index (κ2) is 7.46. The highest BCUT2D eigenvalue weighted by atomic mass is 15.0. The molecule has 0 saturated carbocycles. The van der Waals surface area contributed by atoms with Crippen LogP contribution in [0.5, 0.6) is 0 Å². The van der Waals surface area contributed by atoms with E-state index in [1.165, 1.54) is 23.1 Å². The van der Waals surface area contributed by atoms with E-state index in [0.29, 0.717) is 6.04 Å². The molecule has 1 aromatic carbocycles. The van der Waals surface area contributed by atoms with Crippen LogP contribution in [-0.2, 0) is 6.54 Å². The first kappa shape index (κ1) is 14.2. The molecule has 0 amide bonds. The van der Waals surface area contributed by atoms with Gasteiger partial charge >= 0.3 is 0 Å². The Kier molecular flexibility index (Phi) is 6.23. The molecule has 17 heavy (non-hydrogen) atoms. The van der Waals surface area contributed by atoms with Gasteiger partial charge in [-0.1, -0.05) is 25.1 Å². The van der Waals surface area contributed by atoms with Crippen molar-refractivity contribution >= 4 is 0 Å². The average molecular weight is 234 g/mol. The summed E-state index contributed by atoms with van der Waals surface area (Å²) in [5.74, 6) is 0. The van der Waals surface area contributed by atoms with Crippen molar-refractivity contribution in [2.24, 2.45) is 0 Å². The van der Waals surface area contributed by atoms with E-state index in [4.69, 9.17) is 0 Å². The first-order valence-corrected chi connectivity index (χ1v) is 6.63. The van der Waals surface area contributed by atoms with Crippen molar-refractivity contribution in [3.05, 3.63) is 34.9 Å². The monoisotopic (exact) mass is 234 g/mol. The summed E-state index contributed by atoms with van der Waals surface area (Å²) in [5.41, 5.74) is 4.11. The van der Waals surface area contributed by atoms with E-state index < -0.39 is 0 Å². The van der Waals surface area contributed by atoms with Gasteiger partial charge in [-0.3, -0.25) is 0 Å². The van der Waals surface area contributed by atoms with E-state index in [1.807, 2.05) is 0 Å². The van der Waals surface area contributed by atoms with Gasteiger partial charge in [0.1, 0.15) is 0 Å². The van der Waals surface area contributed by atoms with Gasteiger partial charge in [0.25, 0.3) is 0 Å². The summed E-state index contributed by atoms with van der Waals surface area (Å²) in [6, 6.07) is 7.20. The van der Waals surface area contributed by atoms with Crippen LogP contribution in [0.25, 0.3) is 0 Å². The average Bonchev–Trinajstić information content (AvgIpc) is 2.31. The van der Waals surface area contributed by atoms with E-state index in [2.05, 4.69) is 56.5 Å². The Bertz CT molecular complexity index is 334. The lowest BCUT2D eigenvalue weighted by Crippen LogP contribution is -2.36. The molecule has 96 valence electrons. The van der Waals surface area contributed by atoms with E-state index in [0.717, 1.165) is 19.6 Å². The Labute approximate surface area is 106 Å². The molecule has 2 N–H and O–H groups in total. The van der Waals surface area contributed by atoms with Crippen LogP contribution in [0.4, 0.5) is 0 Å². The van der Waals surface area contributed by atoms with Gasteiger partial charge in [0.05, 0.1) is 0 Å². The Morgan fingerprint density at radius 3 is 2.59 bits per heavy atom. The van der Waals surface area contributed by atoms with Crippen LogP contribution in [0.3, 0.4) is 0 Å². The first-order chi connectivity index (χ1) is 8.13. The third kappa shape index (κ3) is 5.33. The zero-order valence-corrected chi connectivity index (χ0v) is 11.6. The quantitative estimate of drug-likeness (QED) is 0.709. The fourth-order valence-corrected chi connectivity index (χ4v) is 1.77. The van der Waals surface area contributed by atoms with Crippen molar-refractivity contribution in [3.8, 4) is 0 Å². The van der Waals surface area contributed by atoms with Gasteiger partial charge in [0.2, 0.25) is 0 Å². The van der Waals surface area contributed by atoms with E-state index in [-0.39, 0.29) is 0 Å². The maximum Gasteiger partial charge on any atom is 0.0208 e. The third-order valence-electron chi connectivity index (χ3n) is 3.10. The van der Waals surface area contributed by atoms with Crippen LogP contribution < -0.4 is 10.6 Å². The van der Waals surface area contributed by atoms with Gasteiger partial charge in [0.15, 0.2) is 0 Å². The lowest BCUT2D eigenvalue weighted by atomic mass is 10.1. The van der Waals surface area contributed by atoms with Crippen molar-refractivity contribution in [3.63, 3.8) is 0 Å². The Morgan fingerprint density at radius 2 is 1.94 bits per heavy atom. The van der Waals surface area contributed by atoms with Crippen LogP contribution in [0, 0.1) is 13.8 Å². The number of aryl methyl sites for hydroxylation is 2. The maximum absolute atomic E-state index is 3.54. The van der Waals surface area contributed by atoms with Crippen LogP contribution >= 0.6 is 0 Å². The number of rotatable bonds is 7. The van der Waals surface area contributed by atoms with Crippen LogP contribution in [-0.4, -0.2) is 19.1 Å². The number of benzene rings is 1. The topological polar surface area (TPSA) is 24.1 Å². The lowest BCUT2D eigenvalue weighted by Gasteiger charge is -2.15. The molecule has 1 rings (SSSR count). The van der Waals surface area contributed by atoms with Gasteiger partial charge in [-0.05, 0) is 50.4 Å². The second-order valence-corrected chi connectivity index (χ2v) is 4.90. The molecule has 0 saturated heterocycles. The van der Waals surface area contributed by atoms with Crippen LogP contribution in [0.15, 0.2) is 18.2 Å². The summed E-state index contributed by atoms with van der Waals surface area (Å²) in [6.45, 7) is 11.9. The summed E-state index contributed by atoms with van der Waals surface area (Å²) >= 11 is 0. The summed E-state index contributed by atoms with van der Waals surface area (Å²) in [4.78, 5) is 0. The minimum atomic E-state index is 0.517. The highest BCUT2D eigenvalue weighted by Gasteiger charge is 2.01. The molecular weight excluding hydrogens is 208 g/mol. The molecule has 0 spiro atoms. The molecule has 2 nitrogen and oxygen atoms in total. The van der Waals surface area contributed by atoms with Crippen molar-refractivity contribution in [1.82, 2.24) is 10.6 Å². The largest absolute Gasteiger partial charge is 0.315 e. The zero-order chi connectivity index (χ0) is 12.7. The number of nitrogens with one attached hydrogen (secondary N) is 2. The minimum absolute atomic E-state index is 0.517. The molecule has 1 unspecified atom stereocenters. The maximum atomic E-state index is 3.54. The predicted molar refractivity (Wildman–Crippen MR) is 75.4 cm³/mol. The summed E-state index contributed by atoms with van der Waals surface area (Å²) in [7, 11) is 0. The van der Waals surface area contributed by atoms with Gasteiger partial charge < -0.3 is 10.6 Å². The van der Waals surface area contributed by atoms with E-state index in [9.17, 15) is 0 Å². The molecule has 0 aromatic heterocycles. The number of hydrogen-bond acceptors (Lipinski definition) is 2. The Morgan fingerprint density at radius 1 is 1.18 bits per heavy atom. The summed E-state index contributed by atoms with van der Waals surface area (Å²) in [5, 5.41) is 6.97. The molecule has 1 aromatic rings. The fraction of sp³-hybridized carbons (Fsp3) is 0.600. The van der Waals surface area contributed by atoms with Crippen molar-refractivity contribution in [2.75, 3.05) is 13.1 Å². The second-order valence-electron chi connectivity index (χ2n) is 4.90. The van der Waals surface area contributed by atoms with Gasteiger partial charge in [-0.25, -0.2) is 0 Å². The molecule has 0 radical (unpaired) electrons. The van der Waals surface area contributed by atoms with E-state index in [1.54, 1.807) is 0 Å². The Balaban J connectivity index is 2.31. The molecule has 0 heterocycles. The fourth-order valence-electron chi connectivity index (χ4n) is 1.77. The zero-order valence-electron chi connectivity index (χ0n) is 11.6. The highest BCUT2D eigenvalue weighted by molar-refractivity contribution is 5.29. The molecule has 0 aliphatic heterocycles. The van der Waals surface area contributed by atoms with Crippen LogP contribution in [0.1, 0.15) is 37.0 Å². The SMILES string of the molecule is CCCNCC(C)NCc1ccc(C)c(C)c1. The molecule has 0 bridgehead atoms. The summed E-state index contributed by atoms with van der Waals surface area (Å²) in [6.07, 6.45) is 1.20. The standard InChI is InChI=1S/C15H26N2/c1-5-8-16-10-14(4)17-11-15-7-6-12(2)13(3)9-15/h6-7,9,14,16-17H,5,8,10-11H2,1-4H3. The van der Waals surface area contributed by atoms with Crippen molar-refractivity contribution in [1.29, 1.82) is 0 Å². The molecule has 2 heteroatoms. The molecule has 0 fully saturated rings. The summed E-state index contributed by atoms with van der Waals surface area (Å²) < 4.78 is 0. The van der Waals surface area contributed by atoms with Gasteiger partial charge in [-0.15, -0.1) is 0 Å². The van der Waals surface area contributed by atoms with Gasteiger partial charge in [-0.2, -0.15) is 0 Å². The minimum Gasteiger partial charge on any atom is -0.315 e. The lowest BCUT2D eigenvalue weighted by molar-refractivity contribution is 0.501. The van der Waals surface area contributed by atoms with Gasteiger partial charge in [0, 0.05) is 19.1 Å². The van der Waals surface area contributed by atoms with Crippen LogP contribution in [0.2, 0.25) is 0 Å². The predicted octanol–water partition coefficient (Wildman–Crippen LogP) is 2.78. The molecular formula is C15H26N2. The van der Waals surface area contributed by atoms with Crippen molar-refractivity contribution < 1.29 is 0 Å². The van der Waals surface area contributed by atoms with E-state index >= 15 is 0 Å².